The summed E-state index contributed by atoms with van der Waals surface area (Å²) in [5.74, 6) is 0.613. The van der Waals surface area contributed by atoms with Crippen LogP contribution in [0.3, 0.4) is 0 Å². The molecule has 2 aliphatic rings. The van der Waals surface area contributed by atoms with Gasteiger partial charge in [0.1, 0.15) is 23.5 Å². The Bertz CT molecular complexity index is 1070. The third-order valence-electron chi connectivity index (χ3n) is 4.89. The molecule has 2 aromatic rings. The van der Waals surface area contributed by atoms with E-state index in [-0.39, 0.29) is 11.9 Å². The average Bonchev–Trinajstić information content (AvgIpc) is 3.38. The second-order valence-corrected chi connectivity index (χ2v) is 6.75. The van der Waals surface area contributed by atoms with Gasteiger partial charge in [-0.3, -0.25) is 15.4 Å². The highest BCUT2D eigenvalue weighted by molar-refractivity contribution is 5.96. The Hall–Kier alpha value is -3.70. The van der Waals surface area contributed by atoms with Gasteiger partial charge < -0.3 is 10.2 Å². The van der Waals surface area contributed by atoms with Gasteiger partial charge in [-0.25, -0.2) is 9.97 Å². The van der Waals surface area contributed by atoms with Gasteiger partial charge in [0.15, 0.2) is 0 Å². The van der Waals surface area contributed by atoms with Gasteiger partial charge in [0, 0.05) is 19.3 Å². The number of aryl methyl sites for hydroxylation is 1. The first-order chi connectivity index (χ1) is 14.1. The molecule has 4 rings (SSSR count). The van der Waals surface area contributed by atoms with E-state index in [9.17, 15) is 10.1 Å². The molecule has 0 radical (unpaired) electrons. The van der Waals surface area contributed by atoms with Crippen molar-refractivity contribution in [3.63, 3.8) is 0 Å². The number of hydrogen-bond acceptors (Lipinski definition) is 7. The Kier molecular flexibility index (Phi) is 4.97. The first-order valence-corrected chi connectivity index (χ1v) is 9.45. The van der Waals surface area contributed by atoms with Crippen LogP contribution < -0.4 is 20.9 Å². The smallest absolute Gasteiger partial charge is 0.247 e. The van der Waals surface area contributed by atoms with E-state index < -0.39 is 6.04 Å². The fourth-order valence-corrected chi connectivity index (χ4v) is 3.46. The molecule has 1 amide bonds. The van der Waals surface area contributed by atoms with Crippen molar-refractivity contribution < 1.29 is 4.79 Å². The van der Waals surface area contributed by atoms with Gasteiger partial charge in [-0.15, -0.1) is 0 Å². The standard InChI is InChI=1S/C21H21N7O/c1-3-28-17-9-5-4-7-15(17)25-19(28)14(11-22)18-13(2)12-24-21(26-18)27-20(29)16-8-6-10-23-16/h4-9,12,16,23,25H,3,10H2,1-2H3,(H,24,26,27,29)/b19-14+. The molecule has 0 saturated heterocycles. The lowest BCUT2D eigenvalue weighted by atomic mass is 10.1. The van der Waals surface area contributed by atoms with E-state index in [4.69, 9.17) is 0 Å². The summed E-state index contributed by atoms with van der Waals surface area (Å²) in [6.07, 6.45) is 5.31. The molecule has 1 unspecified atom stereocenters. The summed E-state index contributed by atoms with van der Waals surface area (Å²) in [7, 11) is 0. The average molecular weight is 387 g/mol. The Morgan fingerprint density at radius 1 is 1.41 bits per heavy atom. The molecule has 2 aliphatic heterocycles. The largest absolute Gasteiger partial charge is 0.339 e. The molecule has 0 fully saturated rings. The van der Waals surface area contributed by atoms with Crippen molar-refractivity contribution in [1.29, 1.82) is 5.26 Å². The maximum absolute atomic E-state index is 12.4. The maximum atomic E-state index is 12.4. The normalized spacial score (nSPS) is 18.8. The minimum absolute atomic E-state index is 0.171. The van der Waals surface area contributed by atoms with Crippen LogP contribution in [-0.2, 0) is 4.79 Å². The topological polar surface area (TPSA) is 106 Å². The molecule has 1 aromatic heterocycles. The van der Waals surface area contributed by atoms with Gasteiger partial charge in [0.05, 0.1) is 17.1 Å². The number of aromatic nitrogens is 2. The van der Waals surface area contributed by atoms with Crippen molar-refractivity contribution in [2.24, 2.45) is 0 Å². The van der Waals surface area contributed by atoms with Crippen LogP contribution in [0.1, 0.15) is 18.2 Å². The van der Waals surface area contributed by atoms with Crippen LogP contribution in [0.15, 0.2) is 48.4 Å². The molecular formula is C21H21N7O. The van der Waals surface area contributed by atoms with E-state index in [1.165, 1.54) is 0 Å². The van der Waals surface area contributed by atoms with Crippen molar-refractivity contribution >= 4 is 28.8 Å². The van der Waals surface area contributed by atoms with E-state index in [0.29, 0.717) is 30.2 Å². The number of carbonyl (C=O) groups is 1. The zero-order valence-electron chi connectivity index (χ0n) is 16.2. The van der Waals surface area contributed by atoms with Crippen LogP contribution in [0.2, 0.25) is 0 Å². The number of nitriles is 1. The van der Waals surface area contributed by atoms with Crippen LogP contribution in [0, 0.1) is 18.3 Å². The molecule has 1 aromatic carbocycles. The van der Waals surface area contributed by atoms with Crippen LogP contribution >= 0.6 is 0 Å². The summed E-state index contributed by atoms with van der Waals surface area (Å²) >= 11 is 0. The van der Waals surface area contributed by atoms with Crippen molar-refractivity contribution in [2.45, 2.75) is 19.9 Å². The van der Waals surface area contributed by atoms with E-state index in [2.05, 4.69) is 32.0 Å². The molecule has 1 atom stereocenters. The summed E-state index contributed by atoms with van der Waals surface area (Å²) < 4.78 is 0. The monoisotopic (exact) mass is 387 g/mol. The lowest BCUT2D eigenvalue weighted by molar-refractivity contribution is -0.117. The van der Waals surface area contributed by atoms with E-state index in [0.717, 1.165) is 16.9 Å². The molecule has 8 heteroatoms. The maximum Gasteiger partial charge on any atom is 0.247 e. The molecular weight excluding hydrogens is 366 g/mol. The minimum Gasteiger partial charge on any atom is -0.339 e. The number of nitrogens with one attached hydrogen (secondary N) is 3. The number of rotatable bonds is 4. The SMILES string of the molecule is CCN1/C(=C(\C#N)c2nc(NC(=O)C3C=CCN3)ncc2C)Nc2ccccc21. The Morgan fingerprint density at radius 2 is 2.24 bits per heavy atom. The Labute approximate surface area is 169 Å². The number of amides is 1. The van der Waals surface area contributed by atoms with Gasteiger partial charge in [0.2, 0.25) is 11.9 Å². The highest BCUT2D eigenvalue weighted by Crippen LogP contribution is 2.38. The van der Waals surface area contributed by atoms with Crippen LogP contribution in [-0.4, -0.2) is 35.0 Å². The highest BCUT2D eigenvalue weighted by Gasteiger charge is 2.27. The summed E-state index contributed by atoms with van der Waals surface area (Å²) in [4.78, 5) is 23.1. The van der Waals surface area contributed by atoms with Gasteiger partial charge in [-0.1, -0.05) is 24.3 Å². The molecule has 0 saturated carbocycles. The van der Waals surface area contributed by atoms with Crippen molar-refractivity contribution in [2.75, 3.05) is 28.6 Å². The molecule has 146 valence electrons. The molecule has 29 heavy (non-hydrogen) atoms. The fraction of sp³-hybridized carbons (Fsp3) is 0.238. The summed E-state index contributed by atoms with van der Waals surface area (Å²) in [6, 6.07) is 9.78. The number of nitrogens with zero attached hydrogens (tertiary/aromatic N) is 4. The third-order valence-corrected chi connectivity index (χ3v) is 4.89. The van der Waals surface area contributed by atoms with E-state index >= 15 is 0 Å². The molecule has 0 spiro atoms. The van der Waals surface area contributed by atoms with Crippen molar-refractivity contribution in [3.8, 4) is 6.07 Å². The number of fused-ring (bicyclic) bond motifs is 1. The molecule has 3 heterocycles. The summed E-state index contributed by atoms with van der Waals surface area (Å²) in [6.45, 7) is 5.22. The predicted molar refractivity (Wildman–Crippen MR) is 112 cm³/mol. The van der Waals surface area contributed by atoms with E-state index in [1.54, 1.807) is 12.3 Å². The zero-order valence-corrected chi connectivity index (χ0v) is 16.2. The Morgan fingerprint density at radius 3 is 2.97 bits per heavy atom. The number of para-hydroxylation sites is 2. The first kappa shape index (κ1) is 18.7. The number of carbonyl (C=O) groups excluding carboxylic acids is 1. The van der Waals surface area contributed by atoms with Crippen LogP contribution in [0.4, 0.5) is 17.3 Å². The van der Waals surface area contributed by atoms with Crippen LogP contribution in [0.5, 0.6) is 0 Å². The quantitative estimate of drug-likeness (QED) is 0.546. The van der Waals surface area contributed by atoms with Gasteiger partial charge >= 0.3 is 0 Å². The lowest BCUT2D eigenvalue weighted by Gasteiger charge is -2.19. The second-order valence-electron chi connectivity index (χ2n) is 6.75. The minimum atomic E-state index is -0.404. The Balaban J connectivity index is 1.71. The molecule has 3 N–H and O–H groups in total. The highest BCUT2D eigenvalue weighted by atomic mass is 16.2. The third kappa shape index (κ3) is 3.44. The number of anilines is 3. The lowest BCUT2D eigenvalue weighted by Crippen LogP contribution is -2.36. The summed E-state index contributed by atoms with van der Waals surface area (Å²) in [5.41, 5.74) is 3.59. The number of hydrogen-bond donors (Lipinski definition) is 3. The van der Waals surface area contributed by atoms with E-state index in [1.807, 2.05) is 49.1 Å². The predicted octanol–water partition coefficient (Wildman–Crippen LogP) is 2.40. The molecule has 8 nitrogen and oxygen atoms in total. The second kappa shape index (κ2) is 7.73. The van der Waals surface area contributed by atoms with Crippen LogP contribution in [0.25, 0.3) is 5.57 Å². The zero-order chi connectivity index (χ0) is 20.4. The van der Waals surface area contributed by atoms with Crippen molar-refractivity contribution in [3.05, 3.63) is 59.7 Å². The number of benzene rings is 1. The molecule has 0 bridgehead atoms. The van der Waals surface area contributed by atoms with Gasteiger partial charge in [-0.05, 0) is 31.5 Å². The summed E-state index contributed by atoms with van der Waals surface area (Å²) in [5, 5.41) is 19.1. The van der Waals surface area contributed by atoms with Crippen molar-refractivity contribution in [1.82, 2.24) is 15.3 Å². The first-order valence-electron chi connectivity index (χ1n) is 9.45. The van der Waals surface area contributed by atoms with Gasteiger partial charge in [0.25, 0.3) is 0 Å². The number of allylic oxidation sites excluding steroid dienone is 1. The molecule has 0 aliphatic carbocycles. The fourth-order valence-electron chi connectivity index (χ4n) is 3.46. The van der Waals surface area contributed by atoms with Gasteiger partial charge in [-0.2, -0.15) is 5.26 Å².